The maximum Gasteiger partial charge on any atom is 0.419 e. The molecule has 3 heterocycles. The lowest BCUT2D eigenvalue weighted by molar-refractivity contribution is -0.138. The Morgan fingerprint density at radius 3 is 2.39 bits per heavy atom. The number of anilines is 2. The lowest BCUT2D eigenvalue weighted by atomic mass is 10.2. The van der Waals surface area contributed by atoms with Crippen LogP contribution in [0.2, 0.25) is 25.7 Å². The van der Waals surface area contributed by atoms with Gasteiger partial charge in [-0.1, -0.05) is 19.6 Å². The van der Waals surface area contributed by atoms with Gasteiger partial charge in [0.15, 0.2) is 0 Å². The summed E-state index contributed by atoms with van der Waals surface area (Å²) in [6.45, 7) is 6.47. The number of carbonyl (C=O) groups excluding carboxylic acids is 1. The molecule has 1 amide bonds. The zero-order valence-electron chi connectivity index (χ0n) is 21.0. The summed E-state index contributed by atoms with van der Waals surface area (Å²) in [5.74, 6) is -0.843. The van der Waals surface area contributed by atoms with Crippen molar-refractivity contribution in [3.8, 4) is 0 Å². The highest BCUT2D eigenvalue weighted by atomic mass is 28.3. The molecule has 0 N–H and O–H groups in total. The summed E-state index contributed by atoms with van der Waals surface area (Å²) in [4.78, 5) is 23.8. The number of alkyl halides is 6. The second-order valence-electron chi connectivity index (χ2n) is 10.2. The fourth-order valence-electron chi connectivity index (χ4n) is 4.10. The van der Waals surface area contributed by atoms with Crippen LogP contribution in [0.1, 0.15) is 11.1 Å². The summed E-state index contributed by atoms with van der Waals surface area (Å²) in [6, 6.07) is 6.05. The minimum Gasteiger partial charge on any atom is -0.361 e. The molecule has 1 aliphatic rings. The second kappa shape index (κ2) is 10.2. The molecule has 0 aliphatic carbocycles. The summed E-state index contributed by atoms with van der Waals surface area (Å²) in [5.41, 5.74) is -1.46. The molecule has 1 saturated heterocycles. The smallest absolute Gasteiger partial charge is 0.361 e. The molecular weight excluding hydrogens is 532 g/mol. The Bertz CT molecular complexity index is 1320. The van der Waals surface area contributed by atoms with Crippen molar-refractivity contribution >= 4 is 36.8 Å². The first kappa shape index (κ1) is 27.9. The minimum atomic E-state index is -4.65. The number of hydrogen-bond donors (Lipinski definition) is 0. The van der Waals surface area contributed by atoms with E-state index in [0.717, 1.165) is 24.2 Å². The largest absolute Gasteiger partial charge is 0.419 e. The van der Waals surface area contributed by atoms with Crippen molar-refractivity contribution in [2.24, 2.45) is 0 Å². The number of fused-ring (bicyclic) bond motifs is 1. The molecule has 3 aromatic rings. The highest BCUT2D eigenvalue weighted by Crippen LogP contribution is 2.36. The Morgan fingerprint density at radius 1 is 1.03 bits per heavy atom. The van der Waals surface area contributed by atoms with E-state index in [4.69, 9.17) is 4.74 Å². The number of aromatic nitrogens is 3. The molecule has 1 aliphatic heterocycles. The quantitative estimate of drug-likeness (QED) is 0.213. The number of benzene rings is 1. The van der Waals surface area contributed by atoms with Crippen LogP contribution in [0.25, 0.3) is 11.0 Å². The Kier molecular flexibility index (Phi) is 7.49. The van der Waals surface area contributed by atoms with Crippen LogP contribution >= 0.6 is 0 Å². The number of carbonyl (C=O) groups is 1. The predicted molar refractivity (Wildman–Crippen MR) is 133 cm³/mol. The summed E-state index contributed by atoms with van der Waals surface area (Å²) < 4.78 is 87.7. The molecule has 0 atom stereocenters. The fraction of sp³-hybridized carbons (Fsp3) is 0.458. The molecule has 0 bridgehead atoms. The monoisotopic (exact) mass is 559 g/mol. The highest BCUT2D eigenvalue weighted by molar-refractivity contribution is 6.76. The Hall–Kier alpha value is -3.13. The second-order valence-corrected chi connectivity index (χ2v) is 15.8. The number of pyridine rings is 1. The Balaban J connectivity index is 1.64. The van der Waals surface area contributed by atoms with Crippen LogP contribution in [-0.2, 0) is 28.6 Å². The van der Waals surface area contributed by atoms with Crippen LogP contribution in [0.15, 0.2) is 36.5 Å². The lowest BCUT2D eigenvalue weighted by Crippen LogP contribution is -2.52. The van der Waals surface area contributed by atoms with Gasteiger partial charge in [-0.2, -0.15) is 26.3 Å². The average Bonchev–Trinajstić information content (AvgIpc) is 3.17. The van der Waals surface area contributed by atoms with Crippen LogP contribution in [0.4, 0.5) is 38.1 Å². The van der Waals surface area contributed by atoms with Gasteiger partial charge in [-0.25, -0.2) is 9.97 Å². The van der Waals surface area contributed by atoms with Crippen molar-refractivity contribution in [2.75, 3.05) is 36.0 Å². The number of halogens is 6. The van der Waals surface area contributed by atoms with Crippen LogP contribution in [0.5, 0.6) is 0 Å². The first-order valence-electron chi connectivity index (χ1n) is 11.9. The summed E-state index contributed by atoms with van der Waals surface area (Å²) in [5, 5.41) is 0. The molecule has 0 saturated carbocycles. The van der Waals surface area contributed by atoms with Gasteiger partial charge in [-0.3, -0.25) is 14.3 Å². The molecule has 14 heteroatoms. The third-order valence-electron chi connectivity index (χ3n) is 6.13. The predicted octanol–water partition coefficient (Wildman–Crippen LogP) is 5.63. The fourth-order valence-corrected chi connectivity index (χ4v) is 4.85. The van der Waals surface area contributed by atoms with Gasteiger partial charge in [0, 0.05) is 34.0 Å². The van der Waals surface area contributed by atoms with Gasteiger partial charge in [-0.05, 0) is 36.4 Å². The molecule has 4 rings (SSSR count). The third-order valence-corrected chi connectivity index (χ3v) is 7.83. The van der Waals surface area contributed by atoms with Crippen LogP contribution in [-0.4, -0.2) is 54.8 Å². The topological polar surface area (TPSA) is 63.5 Å². The van der Waals surface area contributed by atoms with Crippen molar-refractivity contribution in [3.63, 3.8) is 0 Å². The van der Waals surface area contributed by atoms with E-state index in [1.165, 1.54) is 32.7 Å². The van der Waals surface area contributed by atoms with Crippen molar-refractivity contribution in [3.05, 3.63) is 47.7 Å². The average molecular weight is 560 g/mol. The van der Waals surface area contributed by atoms with E-state index in [9.17, 15) is 31.1 Å². The van der Waals surface area contributed by atoms with Crippen LogP contribution in [0, 0.1) is 0 Å². The van der Waals surface area contributed by atoms with Gasteiger partial charge in [0.2, 0.25) is 11.9 Å². The zero-order valence-corrected chi connectivity index (χ0v) is 22.0. The van der Waals surface area contributed by atoms with E-state index in [1.807, 2.05) is 0 Å². The number of amides is 1. The number of ether oxygens (including phenoxy) is 1. The van der Waals surface area contributed by atoms with E-state index >= 15 is 0 Å². The van der Waals surface area contributed by atoms with Crippen LogP contribution in [0.3, 0.4) is 0 Å². The molecule has 2 aromatic heterocycles. The molecule has 38 heavy (non-hydrogen) atoms. The van der Waals surface area contributed by atoms with E-state index < -0.39 is 44.0 Å². The number of nitrogens with zero attached hydrogens (tertiary/aromatic N) is 5. The molecular formula is C24H27F6N5O2Si. The maximum atomic E-state index is 13.5. The van der Waals surface area contributed by atoms with E-state index in [2.05, 4.69) is 29.6 Å². The molecule has 206 valence electrons. The number of hydrogen-bond acceptors (Lipinski definition) is 5. The van der Waals surface area contributed by atoms with Gasteiger partial charge in [0.25, 0.3) is 0 Å². The number of imidazole rings is 1. The van der Waals surface area contributed by atoms with Crippen LogP contribution < -0.4 is 9.80 Å². The highest BCUT2D eigenvalue weighted by Gasteiger charge is 2.38. The van der Waals surface area contributed by atoms with Crippen molar-refractivity contribution in [1.29, 1.82) is 0 Å². The molecule has 0 unspecified atom stereocenters. The van der Waals surface area contributed by atoms with Crippen molar-refractivity contribution in [1.82, 2.24) is 14.5 Å². The first-order chi connectivity index (χ1) is 17.6. The molecule has 1 fully saturated rings. The molecule has 7 nitrogen and oxygen atoms in total. The van der Waals surface area contributed by atoms with Gasteiger partial charge in [0.1, 0.15) is 12.5 Å². The Morgan fingerprint density at radius 2 is 1.76 bits per heavy atom. The number of rotatable bonds is 7. The summed E-state index contributed by atoms with van der Waals surface area (Å²) >= 11 is 0. The van der Waals surface area contributed by atoms with E-state index in [1.54, 1.807) is 0 Å². The minimum absolute atomic E-state index is 0.0132. The summed E-state index contributed by atoms with van der Waals surface area (Å²) in [6.07, 6.45) is -8.01. The molecule has 0 radical (unpaired) electrons. The van der Waals surface area contributed by atoms with E-state index in [0.29, 0.717) is 12.1 Å². The van der Waals surface area contributed by atoms with Gasteiger partial charge in [-0.15, -0.1) is 0 Å². The zero-order chi connectivity index (χ0) is 27.9. The van der Waals surface area contributed by atoms with Gasteiger partial charge < -0.3 is 9.64 Å². The standard InChI is InChI=1S/C24H27F6N5O2Si/c1-38(2,3)12-11-37-15-35-19-7-6-16(23(25,26)27)13-18(19)32-22(35)34-10-9-33(14-20(34)36)21-17(24(28,29)30)5-4-8-31-21/h4-8,13H,9-12,14-15H2,1-3H3. The van der Waals surface area contributed by atoms with Crippen molar-refractivity contribution in [2.45, 2.75) is 44.8 Å². The SMILES string of the molecule is C[Si](C)(C)CCOCn1c(N2CCN(c3ncccc3C(F)(F)F)CC2=O)nc2cc(C(F)(F)F)ccc21. The maximum absolute atomic E-state index is 13.5. The Labute approximate surface area is 216 Å². The van der Waals surface area contributed by atoms with Gasteiger partial charge >= 0.3 is 12.4 Å². The first-order valence-corrected chi connectivity index (χ1v) is 15.6. The summed E-state index contributed by atoms with van der Waals surface area (Å²) in [7, 11) is -1.41. The normalized spacial score (nSPS) is 15.6. The van der Waals surface area contributed by atoms with E-state index in [-0.39, 0.29) is 37.1 Å². The van der Waals surface area contributed by atoms with Crippen molar-refractivity contribution < 1.29 is 35.9 Å². The molecule has 0 spiro atoms. The molecule has 1 aromatic carbocycles. The number of piperazine rings is 1. The van der Waals surface area contributed by atoms with Gasteiger partial charge in [0.05, 0.1) is 28.7 Å². The third kappa shape index (κ3) is 6.12. The lowest BCUT2D eigenvalue weighted by Gasteiger charge is -2.35.